The van der Waals surface area contributed by atoms with E-state index in [9.17, 15) is 4.79 Å². The molecule has 0 aromatic carbocycles. The standard InChI is InChI=1S/C14H26BrNO/c1-3-11(2)8-14(17)16-10-13-7-5-4-6-12(13)9-15/h11-13H,3-10H2,1-2H3,(H,16,17). The third kappa shape index (κ3) is 5.41. The van der Waals surface area contributed by atoms with E-state index in [1.165, 1.54) is 25.7 Å². The first-order valence-electron chi connectivity index (χ1n) is 7.00. The van der Waals surface area contributed by atoms with Crippen molar-refractivity contribution in [1.82, 2.24) is 5.32 Å². The van der Waals surface area contributed by atoms with Crippen LogP contribution in [0.1, 0.15) is 52.4 Å². The second-order valence-electron chi connectivity index (χ2n) is 5.48. The van der Waals surface area contributed by atoms with Crippen molar-refractivity contribution in [3.8, 4) is 0 Å². The lowest BCUT2D eigenvalue weighted by Crippen LogP contribution is -2.35. The predicted molar refractivity (Wildman–Crippen MR) is 76.3 cm³/mol. The topological polar surface area (TPSA) is 29.1 Å². The summed E-state index contributed by atoms with van der Waals surface area (Å²) in [6.07, 6.45) is 7.04. The lowest BCUT2D eigenvalue weighted by Gasteiger charge is -2.30. The highest BCUT2D eigenvalue weighted by atomic mass is 79.9. The van der Waals surface area contributed by atoms with Crippen molar-refractivity contribution in [2.45, 2.75) is 52.4 Å². The number of amides is 1. The molecule has 1 N–H and O–H groups in total. The molecule has 1 aliphatic carbocycles. The van der Waals surface area contributed by atoms with Crippen molar-refractivity contribution in [1.29, 1.82) is 0 Å². The Balaban J connectivity index is 2.26. The van der Waals surface area contributed by atoms with Crippen LogP contribution in [0, 0.1) is 17.8 Å². The summed E-state index contributed by atoms with van der Waals surface area (Å²) in [4.78, 5) is 11.7. The molecular formula is C14H26BrNO. The van der Waals surface area contributed by atoms with E-state index in [0.29, 0.717) is 18.3 Å². The number of alkyl halides is 1. The zero-order chi connectivity index (χ0) is 12.7. The fraction of sp³-hybridized carbons (Fsp3) is 0.929. The predicted octanol–water partition coefficient (Wildman–Crippen LogP) is 3.74. The summed E-state index contributed by atoms with van der Waals surface area (Å²) in [5, 5.41) is 4.20. The molecule has 3 atom stereocenters. The third-order valence-corrected chi connectivity index (χ3v) is 4.89. The summed E-state index contributed by atoms with van der Waals surface area (Å²) in [5.41, 5.74) is 0. The van der Waals surface area contributed by atoms with Gasteiger partial charge >= 0.3 is 0 Å². The van der Waals surface area contributed by atoms with E-state index in [1.807, 2.05) is 0 Å². The molecule has 0 saturated heterocycles. The lowest BCUT2D eigenvalue weighted by atomic mass is 9.80. The first kappa shape index (κ1) is 15.0. The molecule has 0 aromatic heterocycles. The van der Waals surface area contributed by atoms with E-state index in [4.69, 9.17) is 0 Å². The van der Waals surface area contributed by atoms with E-state index in [1.54, 1.807) is 0 Å². The van der Waals surface area contributed by atoms with Gasteiger partial charge in [-0.2, -0.15) is 0 Å². The first-order valence-corrected chi connectivity index (χ1v) is 8.12. The summed E-state index contributed by atoms with van der Waals surface area (Å²) in [6.45, 7) is 5.16. The maximum absolute atomic E-state index is 11.7. The molecule has 0 aromatic rings. The molecule has 0 aliphatic heterocycles. The van der Waals surface area contributed by atoms with Crippen molar-refractivity contribution in [3.63, 3.8) is 0 Å². The van der Waals surface area contributed by atoms with Crippen LogP contribution in [-0.2, 0) is 4.79 Å². The lowest BCUT2D eigenvalue weighted by molar-refractivity contribution is -0.122. The summed E-state index contributed by atoms with van der Waals surface area (Å²) in [6, 6.07) is 0. The quantitative estimate of drug-likeness (QED) is 0.744. The number of carbonyl (C=O) groups is 1. The zero-order valence-electron chi connectivity index (χ0n) is 11.2. The number of nitrogens with one attached hydrogen (secondary N) is 1. The van der Waals surface area contributed by atoms with Crippen LogP contribution in [0.2, 0.25) is 0 Å². The number of rotatable bonds is 6. The van der Waals surface area contributed by atoms with Gasteiger partial charge in [-0.25, -0.2) is 0 Å². The zero-order valence-corrected chi connectivity index (χ0v) is 12.8. The monoisotopic (exact) mass is 303 g/mol. The van der Waals surface area contributed by atoms with Crippen molar-refractivity contribution < 1.29 is 4.79 Å². The van der Waals surface area contributed by atoms with E-state index in [-0.39, 0.29) is 5.91 Å². The van der Waals surface area contributed by atoms with Crippen molar-refractivity contribution >= 4 is 21.8 Å². The fourth-order valence-electron chi connectivity index (χ4n) is 2.53. The summed E-state index contributed by atoms with van der Waals surface area (Å²) in [7, 11) is 0. The van der Waals surface area contributed by atoms with Gasteiger partial charge in [-0.1, -0.05) is 49.0 Å². The Hall–Kier alpha value is -0.0500. The average Bonchev–Trinajstić information content (AvgIpc) is 2.36. The van der Waals surface area contributed by atoms with Crippen LogP contribution in [0.3, 0.4) is 0 Å². The third-order valence-electron chi connectivity index (χ3n) is 4.06. The van der Waals surface area contributed by atoms with E-state index < -0.39 is 0 Å². The Morgan fingerprint density at radius 1 is 1.35 bits per heavy atom. The van der Waals surface area contributed by atoms with Crippen LogP contribution < -0.4 is 5.32 Å². The van der Waals surface area contributed by atoms with Gasteiger partial charge in [0.2, 0.25) is 5.91 Å². The van der Waals surface area contributed by atoms with Gasteiger partial charge in [-0.15, -0.1) is 0 Å². The minimum absolute atomic E-state index is 0.234. The Kier molecular flexibility index (Phi) is 7.17. The fourth-order valence-corrected chi connectivity index (χ4v) is 3.39. The largest absolute Gasteiger partial charge is 0.356 e. The molecule has 1 aliphatic rings. The van der Waals surface area contributed by atoms with Crippen LogP contribution in [0.4, 0.5) is 0 Å². The normalized spacial score (nSPS) is 26.5. The molecule has 0 radical (unpaired) electrons. The number of halogens is 1. The average molecular weight is 304 g/mol. The molecule has 17 heavy (non-hydrogen) atoms. The molecular weight excluding hydrogens is 278 g/mol. The van der Waals surface area contributed by atoms with Gasteiger partial charge in [0.25, 0.3) is 0 Å². The van der Waals surface area contributed by atoms with Crippen LogP contribution in [-0.4, -0.2) is 17.8 Å². The van der Waals surface area contributed by atoms with Gasteiger partial charge in [0.15, 0.2) is 0 Å². The van der Waals surface area contributed by atoms with Gasteiger partial charge < -0.3 is 5.32 Å². The van der Waals surface area contributed by atoms with E-state index in [0.717, 1.165) is 24.2 Å². The molecule has 1 fully saturated rings. The van der Waals surface area contributed by atoms with Crippen LogP contribution in [0.5, 0.6) is 0 Å². The van der Waals surface area contributed by atoms with E-state index >= 15 is 0 Å². The first-order chi connectivity index (χ1) is 8.17. The van der Waals surface area contributed by atoms with Crippen LogP contribution >= 0.6 is 15.9 Å². The second kappa shape index (κ2) is 8.12. The highest BCUT2D eigenvalue weighted by Gasteiger charge is 2.24. The summed E-state index contributed by atoms with van der Waals surface area (Å²) < 4.78 is 0. The summed E-state index contributed by atoms with van der Waals surface area (Å²) in [5.74, 6) is 2.18. The summed E-state index contributed by atoms with van der Waals surface area (Å²) >= 11 is 3.60. The van der Waals surface area contributed by atoms with Crippen LogP contribution in [0.25, 0.3) is 0 Å². The molecule has 100 valence electrons. The molecule has 3 heteroatoms. The smallest absolute Gasteiger partial charge is 0.220 e. The van der Waals surface area contributed by atoms with Crippen molar-refractivity contribution in [2.75, 3.05) is 11.9 Å². The SMILES string of the molecule is CCC(C)CC(=O)NCC1CCCCC1CBr. The van der Waals surface area contributed by atoms with Crippen LogP contribution in [0.15, 0.2) is 0 Å². The number of hydrogen-bond acceptors (Lipinski definition) is 1. The Morgan fingerprint density at radius 3 is 2.59 bits per heavy atom. The number of carbonyl (C=O) groups excluding carboxylic acids is 1. The van der Waals surface area contributed by atoms with Gasteiger partial charge in [0, 0.05) is 18.3 Å². The highest BCUT2D eigenvalue weighted by molar-refractivity contribution is 9.09. The minimum Gasteiger partial charge on any atom is -0.356 e. The van der Waals surface area contributed by atoms with Gasteiger partial charge in [0.1, 0.15) is 0 Å². The minimum atomic E-state index is 0.234. The van der Waals surface area contributed by atoms with Gasteiger partial charge in [0.05, 0.1) is 0 Å². The Bertz CT molecular complexity index is 232. The Labute approximate surface area is 114 Å². The molecule has 0 spiro atoms. The Morgan fingerprint density at radius 2 is 2.00 bits per heavy atom. The molecule has 1 amide bonds. The number of hydrogen-bond donors (Lipinski definition) is 1. The molecule has 3 unspecified atom stereocenters. The van der Waals surface area contributed by atoms with Gasteiger partial charge in [-0.3, -0.25) is 4.79 Å². The van der Waals surface area contributed by atoms with Crippen molar-refractivity contribution in [3.05, 3.63) is 0 Å². The van der Waals surface area contributed by atoms with Gasteiger partial charge in [-0.05, 0) is 30.6 Å². The maximum Gasteiger partial charge on any atom is 0.220 e. The molecule has 0 heterocycles. The van der Waals surface area contributed by atoms with Crippen molar-refractivity contribution in [2.24, 2.45) is 17.8 Å². The van der Waals surface area contributed by atoms with E-state index in [2.05, 4.69) is 35.1 Å². The molecule has 1 saturated carbocycles. The molecule has 0 bridgehead atoms. The maximum atomic E-state index is 11.7. The molecule has 2 nitrogen and oxygen atoms in total. The molecule has 1 rings (SSSR count). The highest BCUT2D eigenvalue weighted by Crippen LogP contribution is 2.30. The second-order valence-corrected chi connectivity index (χ2v) is 6.13.